The molecule has 132 valence electrons. The molecule has 0 radical (unpaired) electrons. The summed E-state index contributed by atoms with van der Waals surface area (Å²) in [7, 11) is 0. The van der Waals surface area contributed by atoms with Crippen molar-refractivity contribution in [2.45, 2.75) is 0 Å². The third-order valence-electron chi connectivity index (χ3n) is 4.29. The first kappa shape index (κ1) is 17.6. The molecule has 0 atom stereocenters. The van der Waals surface area contributed by atoms with Crippen LogP contribution in [0.2, 0.25) is 5.02 Å². The van der Waals surface area contributed by atoms with Gasteiger partial charge in [-0.1, -0.05) is 29.8 Å². The second-order valence-corrected chi connectivity index (χ2v) is 6.45. The van der Waals surface area contributed by atoms with E-state index >= 15 is 0 Å². The standard InChI is InChI=1S/C19H22ClN3O2/c20-17-6-1-2-7-18(17)25-13-12-22-8-10-23(11-9-22)19(24)15-4-3-5-16(21)14-15/h1-7,14H,8-13,21H2. The van der Waals surface area contributed by atoms with Gasteiger partial charge in [-0.2, -0.15) is 0 Å². The number of amides is 1. The molecule has 1 fully saturated rings. The fraction of sp³-hybridized carbons (Fsp3) is 0.316. The van der Waals surface area contributed by atoms with Crippen LogP contribution in [0.25, 0.3) is 0 Å². The van der Waals surface area contributed by atoms with Crippen molar-refractivity contribution in [2.24, 2.45) is 0 Å². The molecule has 0 unspecified atom stereocenters. The van der Waals surface area contributed by atoms with Gasteiger partial charge in [-0.05, 0) is 30.3 Å². The van der Waals surface area contributed by atoms with E-state index in [4.69, 9.17) is 22.1 Å². The van der Waals surface area contributed by atoms with Gasteiger partial charge in [0.05, 0.1) is 5.02 Å². The summed E-state index contributed by atoms with van der Waals surface area (Å²) in [5.41, 5.74) is 7.02. The molecular formula is C19H22ClN3O2. The average Bonchev–Trinajstić information content (AvgIpc) is 2.63. The van der Waals surface area contributed by atoms with E-state index in [0.717, 1.165) is 19.6 Å². The minimum Gasteiger partial charge on any atom is -0.491 e. The molecule has 2 aromatic carbocycles. The maximum absolute atomic E-state index is 12.5. The van der Waals surface area contributed by atoms with Crippen LogP contribution in [0, 0.1) is 0 Å². The number of benzene rings is 2. The molecule has 2 aromatic rings. The second-order valence-electron chi connectivity index (χ2n) is 6.04. The average molecular weight is 360 g/mol. The third-order valence-corrected chi connectivity index (χ3v) is 4.61. The Morgan fingerprint density at radius 2 is 1.84 bits per heavy atom. The molecule has 0 spiro atoms. The van der Waals surface area contributed by atoms with Gasteiger partial charge in [-0.25, -0.2) is 0 Å². The molecule has 0 aromatic heterocycles. The van der Waals surface area contributed by atoms with Crippen LogP contribution >= 0.6 is 11.6 Å². The van der Waals surface area contributed by atoms with Crippen molar-refractivity contribution in [1.29, 1.82) is 0 Å². The smallest absolute Gasteiger partial charge is 0.254 e. The van der Waals surface area contributed by atoms with Crippen molar-refractivity contribution < 1.29 is 9.53 Å². The van der Waals surface area contributed by atoms with Crippen LogP contribution in [0.1, 0.15) is 10.4 Å². The zero-order valence-corrected chi connectivity index (χ0v) is 14.8. The molecule has 1 amide bonds. The quantitative estimate of drug-likeness (QED) is 0.834. The second kappa shape index (κ2) is 8.23. The van der Waals surface area contributed by atoms with Crippen molar-refractivity contribution in [3.63, 3.8) is 0 Å². The Hall–Kier alpha value is -2.24. The molecule has 0 aliphatic carbocycles. The lowest BCUT2D eigenvalue weighted by Crippen LogP contribution is -2.49. The summed E-state index contributed by atoms with van der Waals surface area (Å²) < 4.78 is 5.73. The fourth-order valence-corrected chi connectivity index (χ4v) is 3.07. The van der Waals surface area contributed by atoms with Crippen LogP contribution in [-0.4, -0.2) is 55.0 Å². The lowest BCUT2D eigenvalue weighted by atomic mass is 10.1. The number of ether oxygens (including phenoxy) is 1. The van der Waals surface area contributed by atoms with Gasteiger partial charge in [0.2, 0.25) is 0 Å². The monoisotopic (exact) mass is 359 g/mol. The van der Waals surface area contributed by atoms with E-state index in [-0.39, 0.29) is 5.91 Å². The van der Waals surface area contributed by atoms with Crippen molar-refractivity contribution in [3.8, 4) is 5.75 Å². The molecule has 1 heterocycles. The van der Waals surface area contributed by atoms with Crippen LogP contribution in [-0.2, 0) is 0 Å². The highest BCUT2D eigenvalue weighted by atomic mass is 35.5. The first-order chi connectivity index (χ1) is 12.1. The highest BCUT2D eigenvalue weighted by Gasteiger charge is 2.22. The Morgan fingerprint density at radius 1 is 1.08 bits per heavy atom. The summed E-state index contributed by atoms with van der Waals surface area (Å²) in [5.74, 6) is 0.749. The topological polar surface area (TPSA) is 58.8 Å². The zero-order chi connectivity index (χ0) is 17.6. The SMILES string of the molecule is Nc1cccc(C(=O)N2CCN(CCOc3ccccc3Cl)CC2)c1. The number of anilines is 1. The number of nitrogens with zero attached hydrogens (tertiary/aromatic N) is 2. The molecule has 1 saturated heterocycles. The van der Waals surface area contributed by atoms with Crippen LogP contribution < -0.4 is 10.5 Å². The lowest BCUT2D eigenvalue weighted by Gasteiger charge is -2.34. The summed E-state index contributed by atoms with van der Waals surface area (Å²) in [6.07, 6.45) is 0. The molecule has 0 bridgehead atoms. The molecule has 6 heteroatoms. The molecule has 5 nitrogen and oxygen atoms in total. The van der Waals surface area contributed by atoms with Crippen LogP contribution in [0.5, 0.6) is 5.75 Å². The first-order valence-electron chi connectivity index (χ1n) is 8.38. The molecule has 2 N–H and O–H groups in total. The Labute approximate surface area is 152 Å². The van der Waals surface area contributed by atoms with Gasteiger partial charge in [0.15, 0.2) is 0 Å². The Morgan fingerprint density at radius 3 is 2.56 bits per heavy atom. The summed E-state index contributed by atoms with van der Waals surface area (Å²) in [6, 6.07) is 14.6. The Kier molecular flexibility index (Phi) is 5.79. The number of halogens is 1. The zero-order valence-electron chi connectivity index (χ0n) is 14.0. The number of rotatable bonds is 5. The van der Waals surface area contributed by atoms with Gasteiger partial charge >= 0.3 is 0 Å². The Balaban J connectivity index is 1.44. The van der Waals surface area contributed by atoms with E-state index in [2.05, 4.69) is 4.90 Å². The van der Waals surface area contributed by atoms with Gasteiger partial charge in [0.1, 0.15) is 12.4 Å². The van der Waals surface area contributed by atoms with Crippen LogP contribution in [0.4, 0.5) is 5.69 Å². The summed E-state index contributed by atoms with van der Waals surface area (Å²) in [4.78, 5) is 16.7. The van der Waals surface area contributed by atoms with Crippen molar-refractivity contribution >= 4 is 23.2 Å². The van der Waals surface area contributed by atoms with Gasteiger partial charge in [0.25, 0.3) is 5.91 Å². The highest BCUT2D eigenvalue weighted by molar-refractivity contribution is 6.32. The van der Waals surface area contributed by atoms with Gasteiger partial charge < -0.3 is 15.4 Å². The Bertz CT molecular complexity index is 730. The predicted molar refractivity (Wildman–Crippen MR) is 100 cm³/mol. The summed E-state index contributed by atoms with van der Waals surface area (Å²) >= 11 is 6.08. The summed E-state index contributed by atoms with van der Waals surface area (Å²) in [5, 5.41) is 0.625. The molecule has 0 saturated carbocycles. The van der Waals surface area contributed by atoms with Crippen molar-refractivity contribution in [2.75, 3.05) is 45.1 Å². The maximum atomic E-state index is 12.5. The van der Waals surface area contributed by atoms with Crippen molar-refractivity contribution in [3.05, 3.63) is 59.1 Å². The number of nitrogens with two attached hydrogens (primary N) is 1. The lowest BCUT2D eigenvalue weighted by molar-refractivity contribution is 0.0620. The molecule has 1 aliphatic rings. The summed E-state index contributed by atoms with van der Waals surface area (Å²) in [6.45, 7) is 4.47. The normalized spacial score (nSPS) is 15.2. The minimum atomic E-state index is 0.0410. The third kappa shape index (κ3) is 4.65. The number of carbonyl (C=O) groups excluding carboxylic acids is 1. The molecule has 3 rings (SSSR count). The van der Waals surface area contributed by atoms with E-state index in [0.29, 0.717) is 41.7 Å². The van der Waals surface area contributed by atoms with E-state index in [1.165, 1.54) is 0 Å². The number of hydrogen-bond acceptors (Lipinski definition) is 4. The number of para-hydroxylation sites is 1. The number of piperazine rings is 1. The van der Waals surface area contributed by atoms with E-state index in [1.54, 1.807) is 12.1 Å². The molecular weight excluding hydrogens is 338 g/mol. The highest BCUT2D eigenvalue weighted by Crippen LogP contribution is 2.23. The van der Waals surface area contributed by atoms with E-state index in [1.807, 2.05) is 41.3 Å². The predicted octanol–water partition coefficient (Wildman–Crippen LogP) is 2.76. The van der Waals surface area contributed by atoms with Crippen molar-refractivity contribution in [1.82, 2.24) is 9.80 Å². The number of carbonyl (C=O) groups is 1. The van der Waals surface area contributed by atoms with Crippen LogP contribution in [0.3, 0.4) is 0 Å². The maximum Gasteiger partial charge on any atom is 0.254 e. The molecule has 25 heavy (non-hydrogen) atoms. The van der Waals surface area contributed by atoms with E-state index in [9.17, 15) is 4.79 Å². The largest absolute Gasteiger partial charge is 0.491 e. The van der Waals surface area contributed by atoms with E-state index < -0.39 is 0 Å². The fourth-order valence-electron chi connectivity index (χ4n) is 2.88. The van der Waals surface area contributed by atoms with Gasteiger partial charge in [-0.3, -0.25) is 9.69 Å². The first-order valence-corrected chi connectivity index (χ1v) is 8.76. The molecule has 1 aliphatic heterocycles. The number of hydrogen-bond donors (Lipinski definition) is 1. The van der Waals surface area contributed by atoms with Gasteiger partial charge in [-0.15, -0.1) is 0 Å². The van der Waals surface area contributed by atoms with Crippen LogP contribution in [0.15, 0.2) is 48.5 Å². The van der Waals surface area contributed by atoms with Gasteiger partial charge in [0, 0.05) is 44.0 Å². The minimum absolute atomic E-state index is 0.0410. The number of nitrogen functional groups attached to an aromatic ring is 1.